The van der Waals surface area contributed by atoms with Gasteiger partial charge >= 0.3 is 5.69 Å². The zero-order valence-corrected chi connectivity index (χ0v) is 24.4. The summed E-state index contributed by atoms with van der Waals surface area (Å²) in [7, 11) is -0.671. The van der Waals surface area contributed by atoms with Crippen molar-refractivity contribution in [3.8, 4) is 0 Å². The summed E-state index contributed by atoms with van der Waals surface area (Å²) in [6, 6.07) is 12.3. The number of nitrogens with zero attached hydrogens (tertiary/aromatic N) is 5. The molecule has 0 radical (unpaired) electrons. The Morgan fingerprint density at radius 2 is 1.82 bits per heavy atom. The van der Waals surface area contributed by atoms with Crippen molar-refractivity contribution in [2.45, 2.75) is 35.9 Å². The highest BCUT2D eigenvalue weighted by molar-refractivity contribution is 14.1. The SMILES string of the molecule is CCn1c(CSc2nc3cc(S(=O)(=O)N(C)C)ccc3o2)nc2c1c(=O)[nH]c(=O)n2Cc1ccc(I)cc1. The third-order valence-corrected chi connectivity index (χ3v) is 9.33. The molecule has 0 bridgehead atoms. The van der Waals surface area contributed by atoms with Crippen LogP contribution < -0.4 is 11.2 Å². The van der Waals surface area contributed by atoms with Gasteiger partial charge in [-0.1, -0.05) is 23.9 Å². The lowest BCUT2D eigenvalue weighted by molar-refractivity contribution is 0.489. The number of nitrogens with one attached hydrogen (secondary N) is 1. The van der Waals surface area contributed by atoms with Crippen molar-refractivity contribution in [3.05, 3.63) is 78.3 Å². The van der Waals surface area contributed by atoms with Gasteiger partial charge in [0, 0.05) is 24.2 Å². The molecule has 0 atom stereocenters. The third kappa shape index (κ3) is 4.92. The molecule has 38 heavy (non-hydrogen) atoms. The van der Waals surface area contributed by atoms with Crippen LogP contribution in [0.4, 0.5) is 0 Å². The van der Waals surface area contributed by atoms with Crippen LogP contribution in [0.25, 0.3) is 22.3 Å². The normalized spacial score (nSPS) is 12.2. The highest BCUT2D eigenvalue weighted by Crippen LogP contribution is 2.29. The van der Waals surface area contributed by atoms with E-state index in [0.717, 1.165) is 13.4 Å². The number of halogens is 1. The summed E-state index contributed by atoms with van der Waals surface area (Å²) in [4.78, 5) is 37.2. The van der Waals surface area contributed by atoms with E-state index in [1.54, 1.807) is 10.6 Å². The van der Waals surface area contributed by atoms with Crippen molar-refractivity contribution in [1.82, 2.24) is 28.4 Å². The van der Waals surface area contributed by atoms with E-state index < -0.39 is 21.3 Å². The molecule has 0 aliphatic rings. The molecule has 14 heteroatoms. The molecule has 0 amide bonds. The first-order valence-electron chi connectivity index (χ1n) is 11.5. The van der Waals surface area contributed by atoms with Gasteiger partial charge in [-0.3, -0.25) is 14.3 Å². The summed E-state index contributed by atoms with van der Waals surface area (Å²) in [6.07, 6.45) is 0. The van der Waals surface area contributed by atoms with Crippen LogP contribution in [0.3, 0.4) is 0 Å². The minimum Gasteiger partial charge on any atom is -0.431 e. The fraction of sp³-hybridized carbons (Fsp3) is 0.250. The molecule has 5 rings (SSSR count). The first-order chi connectivity index (χ1) is 18.1. The summed E-state index contributed by atoms with van der Waals surface area (Å²) < 4.78 is 36.2. The summed E-state index contributed by atoms with van der Waals surface area (Å²) in [5.41, 5.74) is 1.40. The van der Waals surface area contributed by atoms with E-state index in [0.29, 0.717) is 45.6 Å². The molecule has 3 heterocycles. The van der Waals surface area contributed by atoms with Crippen LogP contribution in [-0.4, -0.2) is 50.9 Å². The molecule has 198 valence electrons. The van der Waals surface area contributed by atoms with Gasteiger partial charge in [0.1, 0.15) is 11.3 Å². The lowest BCUT2D eigenvalue weighted by atomic mass is 10.2. The van der Waals surface area contributed by atoms with Crippen LogP contribution in [-0.2, 0) is 28.9 Å². The maximum atomic E-state index is 12.8. The number of hydrogen-bond donors (Lipinski definition) is 1. The van der Waals surface area contributed by atoms with Gasteiger partial charge in [-0.15, -0.1) is 0 Å². The lowest BCUT2D eigenvalue weighted by Crippen LogP contribution is -2.31. The van der Waals surface area contributed by atoms with E-state index in [9.17, 15) is 18.0 Å². The Hall–Kier alpha value is -2.95. The Morgan fingerprint density at radius 1 is 1.08 bits per heavy atom. The molecule has 0 fully saturated rings. The molecule has 0 saturated heterocycles. The minimum atomic E-state index is -3.60. The highest BCUT2D eigenvalue weighted by atomic mass is 127. The molecule has 0 unspecified atom stereocenters. The zero-order chi connectivity index (χ0) is 27.2. The van der Waals surface area contributed by atoms with Gasteiger partial charge in [0.15, 0.2) is 16.7 Å². The second-order valence-corrected chi connectivity index (χ2v) is 12.9. The number of H-pyrrole nitrogens is 1. The van der Waals surface area contributed by atoms with Crippen molar-refractivity contribution in [2.24, 2.45) is 0 Å². The van der Waals surface area contributed by atoms with E-state index in [1.807, 2.05) is 31.2 Å². The predicted octanol–water partition coefficient (Wildman–Crippen LogP) is 3.24. The minimum absolute atomic E-state index is 0.123. The largest absolute Gasteiger partial charge is 0.431 e. The van der Waals surface area contributed by atoms with E-state index >= 15 is 0 Å². The van der Waals surface area contributed by atoms with Gasteiger partial charge in [-0.05, 0) is 65.4 Å². The van der Waals surface area contributed by atoms with Gasteiger partial charge in [0.05, 0.1) is 17.2 Å². The molecular weight excluding hydrogens is 643 g/mol. The number of oxazole rings is 1. The fourth-order valence-corrected chi connectivity index (χ4v) is 6.10. The molecule has 0 saturated carbocycles. The smallest absolute Gasteiger partial charge is 0.330 e. The van der Waals surface area contributed by atoms with Crippen LogP contribution in [0.5, 0.6) is 0 Å². The van der Waals surface area contributed by atoms with Gasteiger partial charge < -0.3 is 8.98 Å². The first kappa shape index (κ1) is 26.6. The fourth-order valence-electron chi connectivity index (χ4n) is 4.03. The van der Waals surface area contributed by atoms with Gasteiger partial charge in [0.2, 0.25) is 10.0 Å². The number of benzene rings is 2. The summed E-state index contributed by atoms with van der Waals surface area (Å²) in [5.74, 6) is 0.896. The third-order valence-electron chi connectivity index (χ3n) is 5.98. The lowest BCUT2D eigenvalue weighted by Gasteiger charge is -2.10. The topological polar surface area (TPSA) is 136 Å². The molecule has 2 aromatic carbocycles. The van der Waals surface area contributed by atoms with Crippen LogP contribution in [0, 0.1) is 3.57 Å². The van der Waals surface area contributed by atoms with Crippen molar-refractivity contribution in [1.29, 1.82) is 0 Å². The quantitative estimate of drug-likeness (QED) is 0.197. The number of aryl methyl sites for hydroxylation is 1. The maximum absolute atomic E-state index is 12.8. The standard InChI is InChI=1S/C24H23IN6O5S2/c1-4-30-19(13-37-24-26-17-11-16(9-10-18(17)36-24)38(34,35)29(2)3)27-21-20(30)22(32)28-23(33)31(21)12-14-5-7-15(25)8-6-14/h5-11H,4,12-13H2,1-3H3,(H,28,32,33). The number of rotatable bonds is 8. The number of sulfonamides is 1. The highest BCUT2D eigenvalue weighted by Gasteiger charge is 2.21. The zero-order valence-electron chi connectivity index (χ0n) is 20.6. The number of imidazole rings is 1. The van der Waals surface area contributed by atoms with Crippen molar-refractivity contribution in [3.63, 3.8) is 0 Å². The summed E-state index contributed by atoms with van der Waals surface area (Å²) >= 11 is 3.48. The number of hydrogen-bond acceptors (Lipinski definition) is 8. The molecule has 0 aliphatic carbocycles. The molecule has 0 aliphatic heterocycles. The number of fused-ring (bicyclic) bond motifs is 2. The van der Waals surface area contributed by atoms with Crippen molar-refractivity contribution in [2.75, 3.05) is 14.1 Å². The van der Waals surface area contributed by atoms with E-state index in [4.69, 9.17) is 4.42 Å². The van der Waals surface area contributed by atoms with E-state index in [2.05, 4.69) is 37.5 Å². The second kappa shape index (κ2) is 10.3. The molecule has 11 nitrogen and oxygen atoms in total. The monoisotopic (exact) mass is 666 g/mol. The Bertz CT molecular complexity index is 1890. The molecule has 3 aromatic heterocycles. The molecular formula is C24H23IN6O5S2. The number of aromatic amines is 1. The van der Waals surface area contributed by atoms with Crippen LogP contribution in [0.1, 0.15) is 18.3 Å². The Morgan fingerprint density at radius 3 is 2.50 bits per heavy atom. The van der Waals surface area contributed by atoms with Gasteiger partial charge in [-0.2, -0.15) is 0 Å². The second-order valence-electron chi connectivity index (χ2n) is 8.60. The number of aromatic nitrogens is 5. The van der Waals surface area contributed by atoms with Crippen molar-refractivity contribution < 1.29 is 12.8 Å². The average Bonchev–Trinajstić information content (AvgIpc) is 3.46. The summed E-state index contributed by atoms with van der Waals surface area (Å²) in [6.45, 7) is 2.63. The Kier molecular flexibility index (Phi) is 7.23. The van der Waals surface area contributed by atoms with E-state index in [1.165, 1.54) is 42.6 Å². The maximum Gasteiger partial charge on any atom is 0.330 e. The number of thioether (sulfide) groups is 1. The molecule has 1 N–H and O–H groups in total. The van der Waals surface area contributed by atoms with Crippen LogP contribution in [0.2, 0.25) is 0 Å². The Labute approximate surface area is 235 Å². The Balaban J connectivity index is 1.48. The van der Waals surface area contributed by atoms with Crippen molar-refractivity contribution >= 4 is 66.6 Å². The predicted molar refractivity (Wildman–Crippen MR) is 153 cm³/mol. The van der Waals surface area contributed by atoms with Crippen LogP contribution >= 0.6 is 34.4 Å². The van der Waals surface area contributed by atoms with Crippen LogP contribution in [0.15, 0.2) is 66.6 Å². The molecule has 5 aromatic rings. The summed E-state index contributed by atoms with van der Waals surface area (Å²) in [5, 5.41) is 0.333. The van der Waals surface area contributed by atoms with E-state index in [-0.39, 0.29) is 11.4 Å². The van der Waals surface area contributed by atoms with Gasteiger partial charge in [0.25, 0.3) is 10.8 Å². The molecule has 0 spiro atoms. The van der Waals surface area contributed by atoms with Gasteiger partial charge in [-0.25, -0.2) is 27.5 Å². The first-order valence-corrected chi connectivity index (χ1v) is 15.0. The average molecular weight is 667 g/mol.